The third-order valence-corrected chi connectivity index (χ3v) is 3.83. The molecule has 1 saturated carbocycles. The van der Waals surface area contributed by atoms with Crippen molar-refractivity contribution in [3.63, 3.8) is 0 Å². The minimum absolute atomic E-state index is 0.00294. The first-order valence-corrected chi connectivity index (χ1v) is 6.75. The predicted octanol–water partition coefficient (Wildman–Crippen LogP) is 1.77. The van der Waals surface area contributed by atoms with E-state index in [0.29, 0.717) is 18.5 Å². The van der Waals surface area contributed by atoms with Crippen molar-refractivity contribution in [2.45, 2.75) is 32.7 Å². The smallest absolute Gasteiger partial charge is 0.354 e. The Hall–Kier alpha value is -2.11. The molecular weight excluding hydrogens is 258 g/mol. The van der Waals surface area contributed by atoms with Gasteiger partial charge in [-0.2, -0.15) is 0 Å². The van der Waals surface area contributed by atoms with Gasteiger partial charge in [0.05, 0.1) is 0 Å². The highest BCUT2D eigenvalue weighted by molar-refractivity contribution is 5.85. The van der Waals surface area contributed by atoms with Crippen LogP contribution in [0.5, 0.6) is 0 Å². The van der Waals surface area contributed by atoms with Crippen LogP contribution in [-0.2, 0) is 6.54 Å². The van der Waals surface area contributed by atoms with E-state index < -0.39 is 5.97 Å². The average molecular weight is 277 g/mol. The number of carboxylic acids is 1. The van der Waals surface area contributed by atoms with Gasteiger partial charge >= 0.3 is 12.0 Å². The summed E-state index contributed by atoms with van der Waals surface area (Å²) in [6, 6.07) is 2.87. The second kappa shape index (κ2) is 5.90. The van der Waals surface area contributed by atoms with Crippen LogP contribution in [0.4, 0.5) is 4.79 Å². The summed E-state index contributed by atoms with van der Waals surface area (Å²) in [5.41, 5.74) is 1.08. The molecule has 20 heavy (non-hydrogen) atoms. The average Bonchev–Trinajstić information content (AvgIpc) is 3.24. The van der Waals surface area contributed by atoms with E-state index in [9.17, 15) is 9.59 Å². The number of hydrogen-bond donors (Lipinski definition) is 3. The SMILES string of the molecule is CCC1(CNC(=O)NCc2ccc(C(=O)O)nc2)CC1. The van der Waals surface area contributed by atoms with Gasteiger partial charge in [-0.25, -0.2) is 14.6 Å². The van der Waals surface area contributed by atoms with E-state index in [-0.39, 0.29) is 11.7 Å². The number of pyridine rings is 1. The van der Waals surface area contributed by atoms with Gasteiger partial charge in [0.15, 0.2) is 0 Å². The molecule has 6 nitrogen and oxygen atoms in total. The molecule has 108 valence electrons. The predicted molar refractivity (Wildman–Crippen MR) is 73.4 cm³/mol. The minimum Gasteiger partial charge on any atom is -0.477 e. The van der Waals surface area contributed by atoms with Crippen molar-refractivity contribution in [1.82, 2.24) is 15.6 Å². The summed E-state index contributed by atoms with van der Waals surface area (Å²) in [5.74, 6) is -1.06. The van der Waals surface area contributed by atoms with E-state index in [1.54, 1.807) is 6.07 Å². The van der Waals surface area contributed by atoms with Gasteiger partial charge in [-0.05, 0) is 36.3 Å². The Labute approximate surface area is 117 Å². The summed E-state index contributed by atoms with van der Waals surface area (Å²) in [6.07, 6.45) is 4.92. The van der Waals surface area contributed by atoms with E-state index in [2.05, 4.69) is 22.5 Å². The van der Waals surface area contributed by atoms with E-state index in [0.717, 1.165) is 12.0 Å². The fourth-order valence-corrected chi connectivity index (χ4v) is 2.00. The first kappa shape index (κ1) is 14.3. The molecule has 0 atom stereocenters. The number of urea groups is 1. The second-order valence-corrected chi connectivity index (χ2v) is 5.25. The summed E-state index contributed by atoms with van der Waals surface area (Å²) in [4.78, 5) is 26.1. The third kappa shape index (κ3) is 3.69. The zero-order valence-electron chi connectivity index (χ0n) is 11.5. The monoisotopic (exact) mass is 277 g/mol. The van der Waals surface area contributed by atoms with Gasteiger partial charge in [-0.1, -0.05) is 13.0 Å². The lowest BCUT2D eigenvalue weighted by molar-refractivity contribution is 0.0690. The Kier molecular flexibility index (Phi) is 4.22. The quantitative estimate of drug-likeness (QED) is 0.739. The first-order valence-electron chi connectivity index (χ1n) is 6.75. The highest BCUT2D eigenvalue weighted by Gasteiger charge is 2.40. The number of carboxylic acid groups (broad SMARTS) is 1. The lowest BCUT2D eigenvalue weighted by atomic mass is 10.0. The maximum atomic E-state index is 11.6. The summed E-state index contributed by atoms with van der Waals surface area (Å²) >= 11 is 0. The van der Waals surface area contributed by atoms with E-state index >= 15 is 0 Å². The fraction of sp³-hybridized carbons (Fsp3) is 0.500. The first-order chi connectivity index (χ1) is 9.54. The number of aromatic nitrogens is 1. The fourth-order valence-electron chi connectivity index (χ4n) is 2.00. The van der Waals surface area contributed by atoms with Gasteiger partial charge in [-0.3, -0.25) is 0 Å². The van der Waals surface area contributed by atoms with Crippen LogP contribution in [0.2, 0.25) is 0 Å². The highest BCUT2D eigenvalue weighted by Crippen LogP contribution is 2.47. The molecule has 1 aliphatic rings. The van der Waals surface area contributed by atoms with Gasteiger partial charge < -0.3 is 15.7 Å². The summed E-state index contributed by atoms with van der Waals surface area (Å²) in [6.45, 7) is 3.19. The van der Waals surface area contributed by atoms with Gasteiger partial charge in [0, 0.05) is 19.3 Å². The summed E-state index contributed by atoms with van der Waals surface area (Å²) in [7, 11) is 0. The Balaban J connectivity index is 1.74. The van der Waals surface area contributed by atoms with E-state index in [1.165, 1.54) is 25.1 Å². The molecule has 6 heteroatoms. The number of rotatable bonds is 6. The molecule has 3 N–H and O–H groups in total. The van der Waals surface area contributed by atoms with Crippen molar-refractivity contribution < 1.29 is 14.7 Å². The zero-order chi connectivity index (χ0) is 14.6. The van der Waals surface area contributed by atoms with E-state index in [4.69, 9.17) is 5.11 Å². The minimum atomic E-state index is -1.06. The van der Waals surface area contributed by atoms with Gasteiger partial charge in [0.25, 0.3) is 0 Å². The molecule has 1 aromatic heterocycles. The van der Waals surface area contributed by atoms with Crippen LogP contribution in [0.1, 0.15) is 42.2 Å². The molecule has 0 bridgehead atoms. The van der Waals surface area contributed by atoms with Crippen LogP contribution in [-0.4, -0.2) is 28.6 Å². The van der Waals surface area contributed by atoms with Crippen LogP contribution in [0.15, 0.2) is 18.3 Å². The largest absolute Gasteiger partial charge is 0.477 e. The van der Waals surface area contributed by atoms with Crippen molar-refractivity contribution in [1.29, 1.82) is 0 Å². The van der Waals surface area contributed by atoms with Gasteiger partial charge in [0.2, 0.25) is 0 Å². The molecule has 0 saturated heterocycles. The van der Waals surface area contributed by atoms with Crippen LogP contribution in [0.3, 0.4) is 0 Å². The molecular formula is C14H19N3O3. The molecule has 0 spiro atoms. The summed E-state index contributed by atoms with van der Waals surface area (Å²) < 4.78 is 0. The number of carbonyl (C=O) groups excluding carboxylic acids is 1. The highest BCUT2D eigenvalue weighted by atomic mass is 16.4. The van der Waals surface area contributed by atoms with E-state index in [1.807, 2.05) is 0 Å². The van der Waals surface area contributed by atoms with Crippen molar-refractivity contribution in [3.05, 3.63) is 29.6 Å². The number of hydrogen-bond acceptors (Lipinski definition) is 3. The molecule has 1 aliphatic carbocycles. The van der Waals surface area contributed by atoms with Crippen molar-refractivity contribution >= 4 is 12.0 Å². The molecule has 2 amide bonds. The number of aromatic carboxylic acids is 1. The molecule has 1 heterocycles. The van der Waals surface area contributed by atoms with Gasteiger partial charge in [0.1, 0.15) is 5.69 Å². The standard InChI is InChI=1S/C14H19N3O3/c1-2-14(5-6-14)9-17-13(20)16-8-10-3-4-11(12(18)19)15-7-10/h3-4,7H,2,5-6,8-9H2,1H3,(H,18,19)(H2,16,17,20). The van der Waals surface area contributed by atoms with Crippen molar-refractivity contribution in [2.24, 2.45) is 5.41 Å². The maximum absolute atomic E-state index is 11.6. The lowest BCUT2D eigenvalue weighted by Crippen LogP contribution is -2.38. The Morgan fingerprint density at radius 1 is 1.35 bits per heavy atom. The van der Waals surface area contributed by atoms with Crippen molar-refractivity contribution in [2.75, 3.05) is 6.54 Å². The molecule has 0 radical (unpaired) electrons. The molecule has 0 aliphatic heterocycles. The molecule has 0 aromatic carbocycles. The van der Waals surface area contributed by atoms with Crippen LogP contribution in [0, 0.1) is 5.41 Å². The zero-order valence-corrected chi connectivity index (χ0v) is 11.5. The normalized spacial score (nSPS) is 15.4. The molecule has 1 fully saturated rings. The van der Waals surface area contributed by atoms with Crippen LogP contribution in [0.25, 0.3) is 0 Å². The van der Waals surface area contributed by atoms with Crippen LogP contribution >= 0.6 is 0 Å². The Morgan fingerprint density at radius 3 is 2.60 bits per heavy atom. The number of nitrogens with zero attached hydrogens (tertiary/aromatic N) is 1. The summed E-state index contributed by atoms with van der Waals surface area (Å²) in [5, 5.41) is 14.3. The molecule has 0 unspecified atom stereocenters. The van der Waals surface area contributed by atoms with Crippen molar-refractivity contribution in [3.8, 4) is 0 Å². The molecule has 1 aromatic rings. The number of carbonyl (C=O) groups is 2. The topological polar surface area (TPSA) is 91.3 Å². The third-order valence-electron chi connectivity index (χ3n) is 3.83. The number of amides is 2. The second-order valence-electron chi connectivity index (χ2n) is 5.25. The van der Waals surface area contributed by atoms with Crippen LogP contribution < -0.4 is 10.6 Å². The number of nitrogens with one attached hydrogen (secondary N) is 2. The Bertz CT molecular complexity index is 495. The van der Waals surface area contributed by atoms with Gasteiger partial charge in [-0.15, -0.1) is 0 Å². The maximum Gasteiger partial charge on any atom is 0.354 e. The Morgan fingerprint density at radius 2 is 2.10 bits per heavy atom. The molecule has 2 rings (SSSR count). The lowest BCUT2D eigenvalue weighted by Gasteiger charge is -2.14.